The molecule has 0 heterocycles. The monoisotopic (exact) mass is 190 g/mol. The van der Waals surface area contributed by atoms with Crippen LogP contribution < -0.4 is 0 Å². The van der Waals surface area contributed by atoms with Gasteiger partial charge in [0.05, 0.1) is 13.8 Å². The molecule has 2 unspecified atom stereocenters. The van der Waals surface area contributed by atoms with Gasteiger partial charge in [-0.25, -0.2) is 0 Å². The van der Waals surface area contributed by atoms with Gasteiger partial charge in [0.1, 0.15) is 0 Å². The van der Waals surface area contributed by atoms with E-state index in [1.165, 1.54) is 0 Å². The van der Waals surface area contributed by atoms with Crippen molar-refractivity contribution in [1.29, 1.82) is 0 Å². The fraction of sp³-hybridized carbons (Fsp3) is 1.00. The van der Waals surface area contributed by atoms with Gasteiger partial charge in [0.15, 0.2) is 6.29 Å². The first-order valence-electron chi connectivity index (χ1n) is 4.75. The van der Waals surface area contributed by atoms with Gasteiger partial charge in [-0.2, -0.15) is 0 Å². The molecule has 12 heavy (non-hydrogen) atoms. The zero-order chi connectivity index (χ0) is 9.78. The lowest BCUT2D eigenvalue weighted by Gasteiger charge is -2.29. The number of rotatable bonds is 5. The van der Waals surface area contributed by atoms with Gasteiger partial charge in [0, 0.05) is 0 Å². The molecule has 0 radical (unpaired) electrons. The van der Waals surface area contributed by atoms with Crippen molar-refractivity contribution < 1.29 is 9.84 Å². The van der Waals surface area contributed by atoms with Crippen LogP contribution >= 0.6 is 0 Å². The van der Waals surface area contributed by atoms with E-state index in [1.54, 1.807) is 0 Å². The molecule has 0 aliphatic heterocycles. The summed E-state index contributed by atoms with van der Waals surface area (Å²) in [4.78, 5) is 0. The molecule has 74 valence electrons. The van der Waals surface area contributed by atoms with Crippen LogP contribution in [0.15, 0.2) is 0 Å². The number of hydrogen-bond acceptors (Lipinski definition) is 2. The quantitative estimate of drug-likeness (QED) is 0.533. The van der Waals surface area contributed by atoms with Gasteiger partial charge in [-0.3, -0.25) is 0 Å². The highest BCUT2D eigenvalue weighted by Gasteiger charge is 2.27. The van der Waals surface area contributed by atoms with Crippen molar-refractivity contribution >= 4 is 8.07 Å². The first kappa shape index (κ1) is 12.1. The molecule has 2 atom stereocenters. The van der Waals surface area contributed by atoms with Crippen molar-refractivity contribution in [2.75, 3.05) is 0 Å². The Balaban J connectivity index is 4.00. The maximum absolute atomic E-state index is 9.32. The highest BCUT2D eigenvalue weighted by molar-refractivity contribution is 6.77. The molecule has 1 N–H and O–H groups in total. The second kappa shape index (κ2) is 4.99. The fourth-order valence-corrected chi connectivity index (χ4v) is 2.99. The molecule has 0 spiro atoms. The first-order chi connectivity index (χ1) is 5.41. The van der Waals surface area contributed by atoms with Gasteiger partial charge in [-0.1, -0.05) is 33.5 Å². The Morgan fingerprint density at radius 3 is 1.92 bits per heavy atom. The third-order valence-corrected chi connectivity index (χ3v) is 4.48. The number of aliphatic hydroxyl groups is 1. The van der Waals surface area contributed by atoms with E-state index in [0.717, 1.165) is 6.42 Å². The third kappa shape index (κ3) is 4.23. The smallest absolute Gasteiger partial charge is 0.154 e. The Morgan fingerprint density at radius 2 is 1.67 bits per heavy atom. The molecular formula is C9H22O2Si. The van der Waals surface area contributed by atoms with E-state index in [-0.39, 0.29) is 5.73 Å². The molecule has 0 saturated heterocycles. The Labute approximate surface area is 76.9 Å². The maximum atomic E-state index is 9.32. The van der Waals surface area contributed by atoms with Gasteiger partial charge >= 0.3 is 0 Å². The predicted octanol–water partition coefficient (Wildman–Crippen LogP) is 2.39. The van der Waals surface area contributed by atoms with Crippen molar-refractivity contribution in [2.45, 2.75) is 58.3 Å². The van der Waals surface area contributed by atoms with E-state index < -0.39 is 14.4 Å². The highest BCUT2D eigenvalue weighted by Crippen LogP contribution is 2.16. The third-order valence-electron chi connectivity index (χ3n) is 2.01. The molecule has 0 aliphatic rings. The molecule has 0 aromatic heterocycles. The Morgan fingerprint density at radius 1 is 1.17 bits per heavy atom. The van der Waals surface area contributed by atoms with Crippen LogP contribution in [0, 0.1) is 0 Å². The summed E-state index contributed by atoms with van der Waals surface area (Å²) in [6.45, 7) is 10.9. The van der Waals surface area contributed by atoms with Gasteiger partial charge < -0.3 is 9.84 Å². The minimum Gasteiger partial charge on any atom is -0.368 e. The molecule has 3 heteroatoms. The van der Waals surface area contributed by atoms with Crippen molar-refractivity contribution in [3.63, 3.8) is 0 Å². The largest absolute Gasteiger partial charge is 0.368 e. The molecule has 0 aromatic rings. The lowest BCUT2D eigenvalue weighted by atomic mass is 10.4. The van der Waals surface area contributed by atoms with E-state index in [4.69, 9.17) is 4.74 Å². The SMILES string of the molecule is CCC(O)OC(CC)[Si](C)(C)C. The lowest BCUT2D eigenvalue weighted by molar-refractivity contribution is -0.116. The second-order valence-electron chi connectivity index (χ2n) is 4.26. The van der Waals surface area contributed by atoms with E-state index >= 15 is 0 Å². The average molecular weight is 190 g/mol. The van der Waals surface area contributed by atoms with Crippen LogP contribution in [-0.2, 0) is 4.74 Å². The molecule has 0 amide bonds. The van der Waals surface area contributed by atoms with Crippen LogP contribution in [-0.4, -0.2) is 25.2 Å². The lowest BCUT2D eigenvalue weighted by Crippen LogP contribution is -2.42. The Kier molecular flexibility index (Phi) is 5.05. The maximum Gasteiger partial charge on any atom is 0.154 e. The van der Waals surface area contributed by atoms with Crippen LogP contribution in [0.1, 0.15) is 26.7 Å². The average Bonchev–Trinajstić information content (AvgIpc) is 1.97. The van der Waals surface area contributed by atoms with E-state index in [0.29, 0.717) is 6.42 Å². The predicted molar refractivity (Wildman–Crippen MR) is 54.8 cm³/mol. The minimum absolute atomic E-state index is 0.285. The summed E-state index contributed by atoms with van der Waals surface area (Å²) in [5.74, 6) is 0. The summed E-state index contributed by atoms with van der Waals surface area (Å²) in [6.07, 6.45) is 1.12. The molecule has 0 bridgehead atoms. The van der Waals surface area contributed by atoms with Crippen LogP contribution in [0.4, 0.5) is 0 Å². The number of ether oxygens (including phenoxy) is 1. The highest BCUT2D eigenvalue weighted by atomic mass is 28.3. The topological polar surface area (TPSA) is 29.5 Å². The standard InChI is InChI=1S/C9H22O2Si/c1-6-8(10)11-9(7-2)12(3,4)5/h8-10H,6-7H2,1-5H3. The summed E-state index contributed by atoms with van der Waals surface area (Å²) in [6, 6.07) is 0. The first-order valence-corrected chi connectivity index (χ1v) is 8.33. The van der Waals surface area contributed by atoms with Gasteiger partial charge in [-0.15, -0.1) is 0 Å². The van der Waals surface area contributed by atoms with Crippen molar-refractivity contribution in [3.05, 3.63) is 0 Å². The Bertz CT molecular complexity index is 120. The summed E-state index contributed by atoms with van der Waals surface area (Å²) in [7, 11) is -1.25. The normalized spacial score (nSPS) is 17.5. The fourth-order valence-electron chi connectivity index (χ4n) is 1.20. The molecule has 2 nitrogen and oxygen atoms in total. The van der Waals surface area contributed by atoms with E-state index in [9.17, 15) is 5.11 Å². The second-order valence-corrected chi connectivity index (χ2v) is 9.64. The van der Waals surface area contributed by atoms with Crippen LogP contribution in [0.25, 0.3) is 0 Å². The summed E-state index contributed by atoms with van der Waals surface area (Å²) in [5.41, 5.74) is 0.285. The summed E-state index contributed by atoms with van der Waals surface area (Å²) >= 11 is 0. The van der Waals surface area contributed by atoms with Crippen LogP contribution in [0.5, 0.6) is 0 Å². The van der Waals surface area contributed by atoms with Gasteiger partial charge in [0.25, 0.3) is 0 Å². The van der Waals surface area contributed by atoms with E-state index in [1.807, 2.05) is 6.92 Å². The summed E-state index contributed by atoms with van der Waals surface area (Å²) < 4.78 is 5.53. The van der Waals surface area contributed by atoms with Crippen LogP contribution in [0.2, 0.25) is 19.6 Å². The van der Waals surface area contributed by atoms with E-state index in [2.05, 4.69) is 26.6 Å². The Hall–Kier alpha value is 0.137. The van der Waals surface area contributed by atoms with Crippen molar-refractivity contribution in [2.24, 2.45) is 0 Å². The summed E-state index contributed by atoms with van der Waals surface area (Å²) in [5, 5.41) is 9.32. The van der Waals surface area contributed by atoms with Crippen molar-refractivity contribution in [3.8, 4) is 0 Å². The van der Waals surface area contributed by atoms with Gasteiger partial charge in [0.2, 0.25) is 0 Å². The minimum atomic E-state index is -1.25. The zero-order valence-electron chi connectivity index (χ0n) is 8.92. The number of aliphatic hydroxyl groups excluding tert-OH is 1. The van der Waals surface area contributed by atoms with Crippen molar-refractivity contribution in [1.82, 2.24) is 0 Å². The molecule has 0 fully saturated rings. The molecule has 0 saturated carbocycles. The molecular weight excluding hydrogens is 168 g/mol. The van der Waals surface area contributed by atoms with Gasteiger partial charge in [-0.05, 0) is 12.8 Å². The number of hydrogen-bond donors (Lipinski definition) is 1. The zero-order valence-corrected chi connectivity index (χ0v) is 9.92. The molecule has 0 aliphatic carbocycles. The molecule has 0 aromatic carbocycles. The molecule has 0 rings (SSSR count). The van der Waals surface area contributed by atoms with Crippen LogP contribution in [0.3, 0.4) is 0 Å².